The van der Waals surface area contributed by atoms with E-state index in [1.807, 2.05) is 18.2 Å². The number of aromatic carboxylic acids is 1. The van der Waals surface area contributed by atoms with E-state index in [9.17, 15) is 27.9 Å². The van der Waals surface area contributed by atoms with Gasteiger partial charge in [-0.2, -0.15) is 13.2 Å². The number of aliphatic carboxylic acids is 1. The fraction of sp³-hybridized carbons (Fsp3) is 0.200. The van der Waals surface area contributed by atoms with Gasteiger partial charge < -0.3 is 25.3 Å². The van der Waals surface area contributed by atoms with Crippen LogP contribution in [0.1, 0.15) is 20.7 Å². The lowest BCUT2D eigenvalue weighted by molar-refractivity contribution is -0.192. The smallest absolute Gasteiger partial charge is 0.478 e. The molecule has 0 aliphatic carbocycles. The SMILES string of the molecule is O=C(O)C(F)(F)F.O=C(O)c1ccc(N2CCN(c3ccccn3)CC2)c(NC(=O)c2ccc(Cl)cc2)c1. The van der Waals surface area contributed by atoms with Crippen LogP contribution >= 0.6 is 11.6 Å². The third kappa shape index (κ3) is 7.59. The molecule has 3 aromatic rings. The van der Waals surface area contributed by atoms with Gasteiger partial charge in [0, 0.05) is 43.0 Å². The monoisotopic (exact) mass is 550 g/mol. The van der Waals surface area contributed by atoms with E-state index < -0.39 is 18.1 Å². The van der Waals surface area contributed by atoms with E-state index in [1.165, 1.54) is 6.07 Å². The molecule has 0 atom stereocenters. The van der Waals surface area contributed by atoms with Crippen molar-refractivity contribution in [1.82, 2.24) is 4.98 Å². The number of nitrogens with zero attached hydrogens (tertiary/aromatic N) is 3. The van der Waals surface area contributed by atoms with Crippen LogP contribution in [0.15, 0.2) is 66.9 Å². The predicted molar refractivity (Wildman–Crippen MR) is 135 cm³/mol. The second kappa shape index (κ2) is 12.3. The predicted octanol–water partition coefficient (Wildman–Crippen LogP) is 4.65. The zero-order valence-electron chi connectivity index (χ0n) is 19.7. The standard InChI is InChI=1S/C23H21ClN4O3.C2HF3O2/c24-18-7-4-16(5-8-18)22(29)26-19-15-17(23(30)31)6-9-20(19)27-11-13-28(14-12-27)21-3-1-2-10-25-21;3-2(4,5)1(6)7/h1-10,15H,11-14H2,(H,26,29)(H,30,31);(H,6,7). The van der Waals surface area contributed by atoms with Gasteiger partial charge in [0.05, 0.1) is 16.9 Å². The Morgan fingerprint density at radius 2 is 1.45 bits per heavy atom. The minimum atomic E-state index is -5.08. The second-order valence-corrected chi connectivity index (χ2v) is 8.40. The Balaban J connectivity index is 0.000000505. The maximum Gasteiger partial charge on any atom is 0.490 e. The number of anilines is 3. The summed E-state index contributed by atoms with van der Waals surface area (Å²) in [6.07, 6.45) is -3.31. The molecule has 4 rings (SSSR count). The van der Waals surface area contributed by atoms with Crippen molar-refractivity contribution in [1.29, 1.82) is 0 Å². The van der Waals surface area contributed by atoms with Crippen LogP contribution < -0.4 is 15.1 Å². The van der Waals surface area contributed by atoms with Crippen molar-refractivity contribution >= 4 is 46.6 Å². The minimum absolute atomic E-state index is 0.113. The van der Waals surface area contributed by atoms with Crippen LogP contribution in [0.3, 0.4) is 0 Å². The fourth-order valence-electron chi connectivity index (χ4n) is 3.56. The van der Waals surface area contributed by atoms with E-state index in [1.54, 1.807) is 42.6 Å². The number of alkyl halides is 3. The van der Waals surface area contributed by atoms with Crippen molar-refractivity contribution in [3.63, 3.8) is 0 Å². The van der Waals surface area contributed by atoms with Crippen LogP contribution in [0.25, 0.3) is 0 Å². The van der Waals surface area contributed by atoms with Gasteiger partial charge in [-0.05, 0) is 54.6 Å². The summed E-state index contributed by atoms with van der Waals surface area (Å²) >= 11 is 5.90. The maximum atomic E-state index is 12.7. The molecule has 200 valence electrons. The first kappa shape index (κ1) is 28.3. The van der Waals surface area contributed by atoms with Crippen LogP contribution in [0.5, 0.6) is 0 Å². The second-order valence-electron chi connectivity index (χ2n) is 7.96. The van der Waals surface area contributed by atoms with E-state index >= 15 is 0 Å². The number of amides is 1. The van der Waals surface area contributed by atoms with E-state index in [-0.39, 0.29) is 11.5 Å². The zero-order chi connectivity index (χ0) is 27.9. The van der Waals surface area contributed by atoms with Gasteiger partial charge in [0.25, 0.3) is 5.91 Å². The third-order valence-electron chi connectivity index (χ3n) is 5.43. The van der Waals surface area contributed by atoms with E-state index in [4.69, 9.17) is 21.5 Å². The van der Waals surface area contributed by atoms with Crippen LogP contribution in [-0.2, 0) is 4.79 Å². The molecule has 1 aliphatic rings. The molecule has 1 amide bonds. The number of carboxylic acid groups (broad SMARTS) is 2. The normalized spacial score (nSPS) is 13.3. The first-order valence-electron chi connectivity index (χ1n) is 11.1. The molecule has 0 saturated carbocycles. The molecule has 2 aromatic carbocycles. The van der Waals surface area contributed by atoms with E-state index in [0.29, 0.717) is 29.4 Å². The Bertz CT molecular complexity index is 1280. The van der Waals surface area contributed by atoms with Crippen molar-refractivity contribution in [2.75, 3.05) is 41.3 Å². The first-order valence-corrected chi connectivity index (χ1v) is 11.5. The number of carbonyl (C=O) groups excluding carboxylic acids is 1. The maximum absolute atomic E-state index is 12.7. The average Bonchev–Trinajstić information content (AvgIpc) is 2.89. The Morgan fingerprint density at radius 3 is 1.97 bits per heavy atom. The van der Waals surface area contributed by atoms with Gasteiger partial charge in [-0.15, -0.1) is 0 Å². The van der Waals surface area contributed by atoms with Crippen LogP contribution in [0, 0.1) is 0 Å². The lowest BCUT2D eigenvalue weighted by atomic mass is 10.1. The molecule has 0 radical (unpaired) electrons. The Morgan fingerprint density at radius 1 is 0.868 bits per heavy atom. The van der Waals surface area contributed by atoms with Crippen LogP contribution in [0.4, 0.5) is 30.4 Å². The summed E-state index contributed by atoms with van der Waals surface area (Å²) in [5.41, 5.74) is 1.80. The molecule has 1 aromatic heterocycles. The van der Waals surface area contributed by atoms with Crippen molar-refractivity contribution in [2.45, 2.75) is 6.18 Å². The largest absolute Gasteiger partial charge is 0.490 e. The van der Waals surface area contributed by atoms with Gasteiger partial charge >= 0.3 is 18.1 Å². The summed E-state index contributed by atoms with van der Waals surface area (Å²) in [6, 6.07) is 17.2. The van der Waals surface area contributed by atoms with Gasteiger partial charge in [-0.3, -0.25) is 4.79 Å². The molecule has 0 unspecified atom stereocenters. The van der Waals surface area contributed by atoms with Gasteiger partial charge in [0.1, 0.15) is 5.82 Å². The topological polar surface area (TPSA) is 123 Å². The van der Waals surface area contributed by atoms with Crippen molar-refractivity contribution in [2.24, 2.45) is 0 Å². The molecule has 0 bridgehead atoms. The summed E-state index contributed by atoms with van der Waals surface area (Å²) in [5, 5.41) is 19.9. The fourth-order valence-corrected chi connectivity index (χ4v) is 3.68. The first-order chi connectivity index (χ1) is 18.0. The number of hydrogen-bond acceptors (Lipinski definition) is 6. The molecule has 9 nitrogen and oxygen atoms in total. The number of rotatable bonds is 5. The molecular formula is C25H22ClF3N4O5. The number of carbonyl (C=O) groups is 3. The average molecular weight is 551 g/mol. The number of piperazine rings is 1. The number of aromatic nitrogens is 1. The molecule has 38 heavy (non-hydrogen) atoms. The van der Waals surface area contributed by atoms with Gasteiger partial charge in [0.15, 0.2) is 0 Å². The van der Waals surface area contributed by atoms with E-state index in [2.05, 4.69) is 20.1 Å². The molecule has 1 aliphatic heterocycles. The molecular weight excluding hydrogens is 529 g/mol. The van der Waals surface area contributed by atoms with E-state index in [0.717, 1.165) is 24.6 Å². The Hall–Kier alpha value is -4.32. The number of carboxylic acids is 2. The van der Waals surface area contributed by atoms with Crippen LogP contribution in [0.2, 0.25) is 5.02 Å². The molecule has 1 saturated heterocycles. The summed E-state index contributed by atoms with van der Waals surface area (Å²) in [6.45, 7) is 2.96. The summed E-state index contributed by atoms with van der Waals surface area (Å²) in [4.78, 5) is 41.9. The number of nitrogens with one attached hydrogen (secondary N) is 1. The van der Waals surface area contributed by atoms with Crippen molar-refractivity contribution in [3.05, 3.63) is 83.0 Å². The highest BCUT2D eigenvalue weighted by atomic mass is 35.5. The zero-order valence-corrected chi connectivity index (χ0v) is 20.4. The summed E-state index contributed by atoms with van der Waals surface area (Å²) in [5.74, 6) is -3.20. The lowest BCUT2D eigenvalue weighted by Crippen LogP contribution is -2.47. The summed E-state index contributed by atoms with van der Waals surface area (Å²) < 4.78 is 31.7. The molecule has 2 heterocycles. The van der Waals surface area contributed by atoms with Gasteiger partial charge in [-0.25, -0.2) is 14.6 Å². The van der Waals surface area contributed by atoms with Crippen molar-refractivity contribution in [3.8, 4) is 0 Å². The highest BCUT2D eigenvalue weighted by molar-refractivity contribution is 6.30. The molecule has 1 fully saturated rings. The van der Waals surface area contributed by atoms with Crippen LogP contribution in [-0.4, -0.2) is 65.4 Å². The highest BCUT2D eigenvalue weighted by Crippen LogP contribution is 2.30. The Kier molecular flexibility index (Phi) is 9.13. The quantitative estimate of drug-likeness (QED) is 0.420. The molecule has 0 spiro atoms. The number of pyridine rings is 1. The Labute approximate surface area is 220 Å². The lowest BCUT2D eigenvalue weighted by Gasteiger charge is -2.37. The van der Waals surface area contributed by atoms with Gasteiger partial charge in [-0.1, -0.05) is 17.7 Å². The number of benzene rings is 2. The van der Waals surface area contributed by atoms with Crippen molar-refractivity contribution < 1.29 is 37.8 Å². The number of halogens is 4. The summed E-state index contributed by atoms with van der Waals surface area (Å²) in [7, 11) is 0. The highest BCUT2D eigenvalue weighted by Gasteiger charge is 2.38. The number of hydrogen-bond donors (Lipinski definition) is 3. The molecule has 3 N–H and O–H groups in total. The minimum Gasteiger partial charge on any atom is -0.478 e. The third-order valence-corrected chi connectivity index (χ3v) is 5.69. The van der Waals surface area contributed by atoms with Gasteiger partial charge in [0.2, 0.25) is 0 Å². The molecule has 13 heteroatoms.